The summed E-state index contributed by atoms with van der Waals surface area (Å²) in [6, 6.07) is 18.7. The van der Waals surface area contributed by atoms with E-state index < -0.39 is 10.0 Å². The van der Waals surface area contributed by atoms with Gasteiger partial charge in [-0.25, -0.2) is 8.42 Å². The average molecular weight is 456 g/mol. The van der Waals surface area contributed by atoms with Crippen LogP contribution in [0.5, 0.6) is 0 Å². The lowest BCUT2D eigenvalue weighted by molar-refractivity contribution is 0.0984. The maximum Gasteiger partial charge on any atom is 0.258 e. The van der Waals surface area contributed by atoms with E-state index in [1.54, 1.807) is 47.5 Å². The molecule has 0 radical (unpaired) electrons. The van der Waals surface area contributed by atoms with Gasteiger partial charge in [0.25, 0.3) is 5.91 Å². The second-order valence-corrected chi connectivity index (χ2v) is 9.70. The average Bonchev–Trinajstić information content (AvgIpc) is 3.35. The molecule has 6 nitrogen and oxygen atoms in total. The van der Waals surface area contributed by atoms with Gasteiger partial charge in [-0.05, 0) is 73.5 Å². The number of anilines is 1. The van der Waals surface area contributed by atoms with E-state index in [2.05, 4.69) is 4.98 Å². The molecule has 8 heteroatoms. The van der Waals surface area contributed by atoms with Crippen molar-refractivity contribution < 1.29 is 13.2 Å². The van der Waals surface area contributed by atoms with Crippen LogP contribution in [0.4, 0.5) is 5.69 Å². The van der Waals surface area contributed by atoms with E-state index in [0.29, 0.717) is 29.4 Å². The highest BCUT2D eigenvalue weighted by Gasteiger charge is 2.27. The summed E-state index contributed by atoms with van der Waals surface area (Å²) in [6.45, 7) is 1.35. The summed E-state index contributed by atoms with van der Waals surface area (Å²) in [5.41, 5.74) is 1.80. The van der Waals surface area contributed by atoms with E-state index in [0.717, 1.165) is 18.5 Å². The van der Waals surface area contributed by atoms with Crippen molar-refractivity contribution in [1.82, 2.24) is 9.29 Å². The van der Waals surface area contributed by atoms with Crippen LogP contribution in [-0.2, 0) is 16.6 Å². The van der Waals surface area contributed by atoms with E-state index in [1.165, 1.54) is 16.4 Å². The fourth-order valence-corrected chi connectivity index (χ4v) is 5.20. The summed E-state index contributed by atoms with van der Waals surface area (Å²) in [4.78, 5) is 19.5. The predicted molar refractivity (Wildman–Crippen MR) is 121 cm³/mol. The smallest absolute Gasteiger partial charge is 0.258 e. The van der Waals surface area contributed by atoms with Crippen molar-refractivity contribution in [3.63, 3.8) is 0 Å². The molecule has 160 valence electrons. The Balaban J connectivity index is 1.62. The van der Waals surface area contributed by atoms with Crippen LogP contribution in [0, 0.1) is 0 Å². The zero-order chi connectivity index (χ0) is 21.8. The van der Waals surface area contributed by atoms with Crippen molar-refractivity contribution in [1.29, 1.82) is 0 Å². The van der Waals surface area contributed by atoms with Crippen LogP contribution in [0.3, 0.4) is 0 Å². The van der Waals surface area contributed by atoms with Crippen LogP contribution in [0.1, 0.15) is 28.9 Å². The van der Waals surface area contributed by atoms with E-state index in [1.807, 2.05) is 18.2 Å². The first-order valence-electron chi connectivity index (χ1n) is 10.0. The third-order valence-electron chi connectivity index (χ3n) is 5.23. The maximum absolute atomic E-state index is 13.4. The minimum absolute atomic E-state index is 0.203. The zero-order valence-electron chi connectivity index (χ0n) is 16.8. The van der Waals surface area contributed by atoms with Crippen molar-refractivity contribution in [2.45, 2.75) is 24.3 Å². The topological polar surface area (TPSA) is 70.6 Å². The van der Waals surface area contributed by atoms with Crippen LogP contribution >= 0.6 is 11.6 Å². The van der Waals surface area contributed by atoms with Crippen molar-refractivity contribution in [2.75, 3.05) is 18.0 Å². The molecule has 0 N–H and O–H groups in total. The van der Waals surface area contributed by atoms with Crippen LogP contribution in [0.2, 0.25) is 5.02 Å². The van der Waals surface area contributed by atoms with Gasteiger partial charge in [-0.1, -0.05) is 17.7 Å². The molecule has 31 heavy (non-hydrogen) atoms. The number of rotatable bonds is 6. The number of pyridine rings is 1. The normalized spacial score (nSPS) is 14.5. The van der Waals surface area contributed by atoms with Crippen LogP contribution in [-0.4, -0.2) is 36.7 Å². The molecule has 4 rings (SSSR count). The fourth-order valence-electron chi connectivity index (χ4n) is 3.56. The SMILES string of the molecule is O=C(c1ccc(S(=O)(=O)N2CCCC2)cc1)N(Cc1ccccn1)c1ccc(Cl)cc1. The van der Waals surface area contributed by atoms with Crippen LogP contribution < -0.4 is 4.90 Å². The first kappa shape index (κ1) is 21.5. The van der Waals surface area contributed by atoms with Gasteiger partial charge in [-0.15, -0.1) is 0 Å². The summed E-state index contributed by atoms with van der Waals surface area (Å²) >= 11 is 6.01. The summed E-state index contributed by atoms with van der Waals surface area (Å²) in [7, 11) is -3.52. The van der Waals surface area contributed by atoms with Gasteiger partial charge in [-0.3, -0.25) is 9.78 Å². The molecule has 1 aliphatic heterocycles. The molecule has 0 aliphatic carbocycles. The molecule has 1 amide bonds. The second-order valence-electron chi connectivity index (χ2n) is 7.32. The summed E-state index contributed by atoms with van der Waals surface area (Å²) in [5.74, 6) is -0.252. The van der Waals surface area contributed by atoms with Gasteiger partial charge < -0.3 is 4.90 Å². The number of hydrogen-bond donors (Lipinski definition) is 0. The first-order valence-corrected chi connectivity index (χ1v) is 11.8. The Hall–Kier alpha value is -2.74. The molecule has 1 fully saturated rings. The molecule has 1 aliphatic rings. The van der Waals surface area contributed by atoms with E-state index in [-0.39, 0.29) is 17.3 Å². The molecule has 0 unspecified atom stereocenters. The maximum atomic E-state index is 13.4. The Morgan fingerprint density at radius 2 is 1.65 bits per heavy atom. The first-order chi connectivity index (χ1) is 14.9. The van der Waals surface area contributed by atoms with E-state index in [9.17, 15) is 13.2 Å². The Morgan fingerprint density at radius 3 is 2.26 bits per heavy atom. The molecule has 2 aromatic carbocycles. The van der Waals surface area contributed by atoms with Gasteiger partial charge in [-0.2, -0.15) is 4.31 Å². The molecular weight excluding hydrogens is 434 g/mol. The second kappa shape index (κ2) is 9.18. The highest BCUT2D eigenvalue weighted by molar-refractivity contribution is 7.89. The number of carbonyl (C=O) groups is 1. The van der Waals surface area contributed by atoms with Crippen molar-refractivity contribution in [3.8, 4) is 0 Å². The van der Waals surface area contributed by atoms with E-state index in [4.69, 9.17) is 11.6 Å². The molecule has 0 spiro atoms. The highest BCUT2D eigenvalue weighted by Crippen LogP contribution is 2.24. The standard InChI is InChI=1S/C23H22ClN3O3S/c24-19-8-10-21(11-9-19)27(17-20-5-1-2-14-25-20)23(28)18-6-12-22(13-7-18)31(29,30)26-15-3-4-16-26/h1-2,5-14H,3-4,15-17H2. The number of aromatic nitrogens is 1. The van der Waals surface area contributed by atoms with Crippen LogP contribution in [0.15, 0.2) is 77.8 Å². The quantitative estimate of drug-likeness (QED) is 0.553. The number of carbonyl (C=O) groups excluding carboxylic acids is 1. The molecule has 0 bridgehead atoms. The Morgan fingerprint density at radius 1 is 0.968 bits per heavy atom. The van der Waals surface area contributed by atoms with Gasteiger partial charge in [0.2, 0.25) is 10.0 Å². The molecule has 3 aromatic rings. The number of hydrogen-bond acceptors (Lipinski definition) is 4. The molecular formula is C23H22ClN3O3S. The van der Waals surface area contributed by atoms with Gasteiger partial charge in [0.15, 0.2) is 0 Å². The number of amides is 1. The largest absolute Gasteiger partial charge is 0.302 e. The monoisotopic (exact) mass is 455 g/mol. The third-order valence-corrected chi connectivity index (χ3v) is 7.40. The molecule has 1 saturated heterocycles. The Kier molecular flexibility index (Phi) is 6.36. The number of nitrogens with zero attached hydrogens (tertiary/aromatic N) is 3. The Labute approximate surface area is 187 Å². The van der Waals surface area contributed by atoms with Gasteiger partial charge in [0.1, 0.15) is 0 Å². The lowest BCUT2D eigenvalue weighted by atomic mass is 10.1. The van der Waals surface area contributed by atoms with Crippen LogP contribution in [0.25, 0.3) is 0 Å². The predicted octanol–water partition coefficient (Wildman–Crippen LogP) is 4.37. The van der Waals surface area contributed by atoms with Gasteiger partial charge in [0.05, 0.1) is 17.1 Å². The number of benzene rings is 2. The van der Waals surface area contributed by atoms with Crippen molar-refractivity contribution >= 4 is 33.2 Å². The summed E-state index contributed by atoms with van der Waals surface area (Å²) in [5, 5.41) is 0.574. The number of halogens is 1. The van der Waals surface area contributed by atoms with Crippen molar-refractivity contribution in [3.05, 3.63) is 89.2 Å². The summed E-state index contributed by atoms with van der Waals surface area (Å²) < 4.78 is 27.0. The number of sulfonamides is 1. The molecule has 1 aromatic heterocycles. The van der Waals surface area contributed by atoms with Gasteiger partial charge >= 0.3 is 0 Å². The fraction of sp³-hybridized carbons (Fsp3) is 0.217. The zero-order valence-corrected chi connectivity index (χ0v) is 18.4. The molecule has 2 heterocycles. The summed E-state index contributed by atoms with van der Waals surface area (Å²) in [6.07, 6.45) is 3.43. The lowest BCUT2D eigenvalue weighted by Crippen LogP contribution is -2.31. The minimum atomic E-state index is -3.52. The Bertz CT molecular complexity index is 1140. The van der Waals surface area contributed by atoms with E-state index >= 15 is 0 Å². The minimum Gasteiger partial charge on any atom is -0.302 e. The van der Waals surface area contributed by atoms with Gasteiger partial charge in [0, 0.05) is 35.6 Å². The highest BCUT2D eigenvalue weighted by atomic mass is 35.5. The van der Waals surface area contributed by atoms with Crippen molar-refractivity contribution in [2.24, 2.45) is 0 Å². The lowest BCUT2D eigenvalue weighted by Gasteiger charge is -2.23. The third kappa shape index (κ3) is 4.79. The molecule has 0 saturated carbocycles. The molecule has 0 atom stereocenters.